The van der Waals surface area contributed by atoms with Crippen LogP contribution in [0.15, 0.2) is 54.9 Å². The van der Waals surface area contributed by atoms with E-state index in [0.29, 0.717) is 17.7 Å². The molecule has 1 amide bonds. The molecule has 6 heteroatoms. The van der Waals surface area contributed by atoms with Gasteiger partial charge in [-0.15, -0.1) is 0 Å². The van der Waals surface area contributed by atoms with Crippen molar-refractivity contribution >= 4 is 17.4 Å². The molecule has 132 valence electrons. The van der Waals surface area contributed by atoms with Crippen LogP contribution < -0.4 is 10.6 Å². The average molecular weight is 355 g/mol. The Balaban J connectivity index is 1.62. The van der Waals surface area contributed by atoms with E-state index < -0.39 is 5.91 Å². The van der Waals surface area contributed by atoms with Gasteiger partial charge in [0.05, 0.1) is 0 Å². The van der Waals surface area contributed by atoms with Gasteiger partial charge in [0.1, 0.15) is 17.6 Å². The molecule has 0 unspecified atom stereocenters. The van der Waals surface area contributed by atoms with Crippen LogP contribution in [-0.4, -0.2) is 22.4 Å². The van der Waals surface area contributed by atoms with E-state index in [1.165, 1.54) is 0 Å². The van der Waals surface area contributed by atoms with E-state index in [9.17, 15) is 4.79 Å². The van der Waals surface area contributed by atoms with Gasteiger partial charge in [0.15, 0.2) is 0 Å². The number of primary amides is 1. The van der Waals surface area contributed by atoms with Gasteiger partial charge in [-0.05, 0) is 59.9 Å². The van der Waals surface area contributed by atoms with Gasteiger partial charge in [0, 0.05) is 30.2 Å². The zero-order valence-corrected chi connectivity index (χ0v) is 14.6. The van der Waals surface area contributed by atoms with Crippen LogP contribution in [0.1, 0.15) is 32.7 Å². The Morgan fingerprint density at radius 1 is 1.19 bits per heavy atom. The number of nitrogens with two attached hydrogens (primary N) is 1. The van der Waals surface area contributed by atoms with Crippen LogP contribution in [-0.2, 0) is 12.8 Å². The zero-order chi connectivity index (χ0) is 18.8. The Morgan fingerprint density at radius 3 is 2.81 bits per heavy atom. The van der Waals surface area contributed by atoms with E-state index in [2.05, 4.69) is 14.9 Å². The van der Waals surface area contributed by atoms with Gasteiger partial charge < -0.3 is 10.6 Å². The van der Waals surface area contributed by atoms with Gasteiger partial charge in [-0.3, -0.25) is 4.79 Å². The standard InChI is InChI=1S/C21H17N5O/c22-12-16-5-4-15(13-25-16)10-14-6-8-24-20(11-14)26-9-7-17-18(21(23)27)2-1-3-19(17)26/h1-6,8,11,13H,7,9-10H2,(H2,23,27). The third-order valence-corrected chi connectivity index (χ3v) is 4.73. The minimum atomic E-state index is -0.399. The summed E-state index contributed by atoms with van der Waals surface area (Å²) in [6.07, 6.45) is 4.98. The molecule has 27 heavy (non-hydrogen) atoms. The number of aromatic nitrogens is 2. The average Bonchev–Trinajstić information content (AvgIpc) is 3.13. The topological polar surface area (TPSA) is 95.9 Å². The quantitative estimate of drug-likeness (QED) is 0.776. The Kier molecular flexibility index (Phi) is 4.27. The minimum absolute atomic E-state index is 0.399. The van der Waals surface area contributed by atoms with E-state index in [1.807, 2.05) is 36.4 Å². The second-order valence-electron chi connectivity index (χ2n) is 6.43. The maximum atomic E-state index is 11.7. The molecule has 0 bridgehead atoms. The molecule has 1 aliphatic heterocycles. The first-order chi connectivity index (χ1) is 13.2. The lowest BCUT2D eigenvalue weighted by atomic mass is 10.0. The highest BCUT2D eigenvalue weighted by atomic mass is 16.1. The molecule has 2 N–H and O–H groups in total. The fourth-order valence-electron chi connectivity index (χ4n) is 3.45. The molecule has 0 spiro atoms. The number of pyridine rings is 2. The Hall–Kier alpha value is -3.72. The molecule has 0 saturated heterocycles. The first-order valence-electron chi connectivity index (χ1n) is 8.65. The van der Waals surface area contributed by atoms with Crippen molar-refractivity contribution in [3.63, 3.8) is 0 Å². The maximum absolute atomic E-state index is 11.7. The van der Waals surface area contributed by atoms with Crippen molar-refractivity contribution in [2.24, 2.45) is 5.73 Å². The summed E-state index contributed by atoms with van der Waals surface area (Å²) >= 11 is 0. The van der Waals surface area contributed by atoms with Crippen molar-refractivity contribution in [3.05, 3.63) is 82.8 Å². The van der Waals surface area contributed by atoms with Crippen molar-refractivity contribution in [2.45, 2.75) is 12.8 Å². The molecule has 4 rings (SSSR count). The van der Waals surface area contributed by atoms with E-state index >= 15 is 0 Å². The molecule has 0 radical (unpaired) electrons. The summed E-state index contributed by atoms with van der Waals surface area (Å²) in [4.78, 5) is 22.4. The lowest BCUT2D eigenvalue weighted by Crippen LogP contribution is -2.15. The van der Waals surface area contributed by atoms with Crippen molar-refractivity contribution in [2.75, 3.05) is 11.4 Å². The molecule has 0 saturated carbocycles. The summed E-state index contributed by atoms with van der Waals surface area (Å²) in [7, 11) is 0. The fraction of sp³-hybridized carbons (Fsp3) is 0.143. The number of fused-ring (bicyclic) bond motifs is 1. The molecule has 0 aliphatic carbocycles. The first-order valence-corrected chi connectivity index (χ1v) is 8.65. The van der Waals surface area contributed by atoms with Crippen molar-refractivity contribution in [1.82, 2.24) is 9.97 Å². The Labute approximate surface area is 156 Å². The molecule has 1 aliphatic rings. The van der Waals surface area contributed by atoms with Crippen molar-refractivity contribution < 1.29 is 4.79 Å². The van der Waals surface area contributed by atoms with E-state index in [-0.39, 0.29) is 0 Å². The predicted octanol–water partition coefficient (Wildman–Crippen LogP) is 2.73. The Morgan fingerprint density at radius 2 is 2.07 bits per heavy atom. The van der Waals surface area contributed by atoms with Crippen LogP contribution in [0, 0.1) is 11.3 Å². The van der Waals surface area contributed by atoms with Crippen LogP contribution in [0.25, 0.3) is 0 Å². The monoisotopic (exact) mass is 355 g/mol. The van der Waals surface area contributed by atoms with Gasteiger partial charge in [-0.2, -0.15) is 5.26 Å². The van der Waals surface area contributed by atoms with Gasteiger partial charge in [0.25, 0.3) is 0 Å². The molecule has 0 fully saturated rings. The Bertz CT molecular complexity index is 1050. The molecule has 6 nitrogen and oxygen atoms in total. The fourth-order valence-corrected chi connectivity index (χ4v) is 3.45. The number of nitrogens with zero attached hydrogens (tertiary/aromatic N) is 4. The highest BCUT2D eigenvalue weighted by Crippen LogP contribution is 2.35. The molecule has 1 aromatic carbocycles. The summed E-state index contributed by atoms with van der Waals surface area (Å²) < 4.78 is 0. The highest BCUT2D eigenvalue weighted by Gasteiger charge is 2.25. The number of anilines is 2. The van der Waals surface area contributed by atoms with Crippen LogP contribution in [0.4, 0.5) is 11.5 Å². The molecular formula is C21H17N5O. The predicted molar refractivity (Wildman–Crippen MR) is 102 cm³/mol. The van der Waals surface area contributed by atoms with Crippen molar-refractivity contribution in [1.29, 1.82) is 5.26 Å². The molecule has 0 atom stereocenters. The van der Waals surface area contributed by atoms with Crippen LogP contribution >= 0.6 is 0 Å². The summed E-state index contributed by atoms with van der Waals surface area (Å²) in [5.74, 6) is 0.443. The van der Waals surface area contributed by atoms with E-state index in [0.717, 1.165) is 41.2 Å². The summed E-state index contributed by atoms with van der Waals surface area (Å²) in [5.41, 5.74) is 10.6. The molecule has 3 heterocycles. The van der Waals surface area contributed by atoms with Gasteiger partial charge in [-0.1, -0.05) is 12.1 Å². The number of hydrogen-bond acceptors (Lipinski definition) is 5. The number of nitriles is 1. The highest BCUT2D eigenvalue weighted by molar-refractivity contribution is 5.96. The van der Waals surface area contributed by atoms with Gasteiger partial charge in [-0.25, -0.2) is 9.97 Å². The third kappa shape index (κ3) is 3.23. The number of benzene rings is 1. The smallest absolute Gasteiger partial charge is 0.249 e. The van der Waals surface area contributed by atoms with Crippen LogP contribution in [0.5, 0.6) is 0 Å². The molecular weight excluding hydrogens is 338 g/mol. The maximum Gasteiger partial charge on any atom is 0.249 e. The number of amides is 1. The second kappa shape index (κ2) is 6.89. The number of rotatable bonds is 4. The normalized spacial score (nSPS) is 12.5. The number of hydrogen-bond donors (Lipinski definition) is 1. The number of carbonyl (C=O) groups excluding carboxylic acids is 1. The molecule has 3 aromatic rings. The summed E-state index contributed by atoms with van der Waals surface area (Å²) in [5, 5.41) is 8.85. The lowest BCUT2D eigenvalue weighted by Gasteiger charge is -2.19. The molecule has 2 aromatic heterocycles. The van der Waals surface area contributed by atoms with Gasteiger partial charge >= 0.3 is 0 Å². The summed E-state index contributed by atoms with van der Waals surface area (Å²) in [6.45, 7) is 0.758. The van der Waals surface area contributed by atoms with Gasteiger partial charge in [0.2, 0.25) is 5.91 Å². The summed E-state index contributed by atoms with van der Waals surface area (Å²) in [6, 6.07) is 15.3. The number of carbonyl (C=O) groups is 1. The second-order valence-corrected chi connectivity index (χ2v) is 6.43. The van der Waals surface area contributed by atoms with Crippen LogP contribution in [0.3, 0.4) is 0 Å². The van der Waals surface area contributed by atoms with Crippen LogP contribution in [0.2, 0.25) is 0 Å². The van der Waals surface area contributed by atoms with Crippen molar-refractivity contribution in [3.8, 4) is 6.07 Å². The van der Waals surface area contributed by atoms with E-state index in [4.69, 9.17) is 11.0 Å². The zero-order valence-electron chi connectivity index (χ0n) is 14.6. The van der Waals surface area contributed by atoms with E-state index in [1.54, 1.807) is 24.5 Å². The first kappa shape index (κ1) is 16.7. The third-order valence-electron chi connectivity index (χ3n) is 4.73. The largest absolute Gasteiger partial charge is 0.366 e. The minimum Gasteiger partial charge on any atom is -0.366 e. The lowest BCUT2D eigenvalue weighted by molar-refractivity contribution is 0.0999. The SMILES string of the molecule is N#Cc1ccc(Cc2ccnc(N3CCc4c(C(N)=O)cccc43)c2)cn1.